The average molecular weight is 422 g/mol. The van der Waals surface area contributed by atoms with Gasteiger partial charge in [0.15, 0.2) is 6.61 Å². The Kier molecular flexibility index (Phi) is 6.23. The van der Waals surface area contributed by atoms with Gasteiger partial charge in [-0.3, -0.25) is 9.59 Å². The van der Waals surface area contributed by atoms with Gasteiger partial charge in [-0.1, -0.05) is 41.6 Å². The molecule has 3 aromatic rings. The monoisotopic (exact) mass is 422 g/mol. The molecule has 0 radical (unpaired) electrons. The third-order valence-electron chi connectivity index (χ3n) is 4.89. The number of fused-ring (bicyclic) bond motifs is 1. The Balaban J connectivity index is 1.33. The van der Waals surface area contributed by atoms with Gasteiger partial charge in [-0.05, 0) is 30.0 Å². The van der Waals surface area contributed by atoms with Gasteiger partial charge in [0.2, 0.25) is 11.7 Å². The maximum Gasteiger partial charge on any atom is 0.316 e. The predicted octanol–water partition coefficient (Wildman–Crippen LogP) is 1.87. The summed E-state index contributed by atoms with van der Waals surface area (Å²) in [5, 5.41) is 18.8. The highest BCUT2D eigenvalue weighted by atomic mass is 16.5. The Morgan fingerprint density at radius 2 is 2.06 bits per heavy atom. The van der Waals surface area contributed by atoms with Crippen LogP contribution in [-0.4, -0.2) is 39.7 Å². The van der Waals surface area contributed by atoms with E-state index in [0.29, 0.717) is 25.0 Å². The molecule has 31 heavy (non-hydrogen) atoms. The van der Waals surface area contributed by atoms with Crippen molar-refractivity contribution in [1.29, 1.82) is 0 Å². The van der Waals surface area contributed by atoms with Crippen molar-refractivity contribution in [1.82, 2.24) is 15.5 Å². The van der Waals surface area contributed by atoms with E-state index in [-0.39, 0.29) is 30.8 Å². The number of anilines is 1. The van der Waals surface area contributed by atoms with E-state index in [0.717, 1.165) is 16.8 Å². The minimum absolute atomic E-state index is 0.00302. The Bertz CT molecular complexity index is 1070. The summed E-state index contributed by atoms with van der Waals surface area (Å²) < 4.78 is 10.7. The minimum atomic E-state index is -0.565. The first kappa shape index (κ1) is 20.5. The second-order valence-corrected chi connectivity index (χ2v) is 7.21. The zero-order valence-electron chi connectivity index (χ0n) is 16.7. The summed E-state index contributed by atoms with van der Waals surface area (Å²) in [7, 11) is 0. The standard InChI is InChI=1S/C22H22N4O5/c27-12-16(10-14-4-2-1-3-5-14)23-21(29)22-25-19(26-31-22)13-30-17-8-6-15-7-9-20(28)24-18(15)11-17/h1-6,8,11,16,27H,7,9-10,12-13H2,(H,23,29)(H,24,28)/t16-/m1/s1. The van der Waals surface area contributed by atoms with Crippen molar-refractivity contribution in [2.75, 3.05) is 11.9 Å². The summed E-state index contributed by atoms with van der Waals surface area (Å²) in [6.45, 7) is -0.226. The van der Waals surface area contributed by atoms with Crippen molar-refractivity contribution in [3.8, 4) is 5.75 Å². The lowest BCUT2D eigenvalue weighted by Gasteiger charge is -2.17. The molecule has 160 valence electrons. The van der Waals surface area contributed by atoms with Crippen molar-refractivity contribution < 1.29 is 24.0 Å². The number of ether oxygens (including phenoxy) is 1. The number of hydrogen-bond donors (Lipinski definition) is 3. The van der Waals surface area contributed by atoms with E-state index in [4.69, 9.17) is 9.26 Å². The van der Waals surface area contributed by atoms with E-state index >= 15 is 0 Å². The largest absolute Gasteiger partial charge is 0.485 e. The molecule has 9 heteroatoms. The van der Waals surface area contributed by atoms with E-state index in [1.54, 1.807) is 12.1 Å². The van der Waals surface area contributed by atoms with Crippen molar-refractivity contribution in [3.63, 3.8) is 0 Å². The van der Waals surface area contributed by atoms with Gasteiger partial charge in [0.1, 0.15) is 5.75 Å². The normalized spacial score (nSPS) is 13.8. The number of aliphatic hydroxyl groups is 1. The molecule has 3 N–H and O–H groups in total. The van der Waals surface area contributed by atoms with Crippen molar-refractivity contribution in [3.05, 3.63) is 71.4 Å². The zero-order valence-corrected chi connectivity index (χ0v) is 16.7. The Labute approximate surface area is 178 Å². The van der Waals surface area contributed by atoms with Crippen LogP contribution in [0.25, 0.3) is 0 Å². The second kappa shape index (κ2) is 9.40. The molecule has 0 saturated heterocycles. The number of amides is 2. The smallest absolute Gasteiger partial charge is 0.316 e. The summed E-state index contributed by atoms with van der Waals surface area (Å²) in [4.78, 5) is 28.0. The lowest BCUT2D eigenvalue weighted by molar-refractivity contribution is -0.116. The van der Waals surface area contributed by atoms with Crippen LogP contribution in [0, 0.1) is 0 Å². The fraction of sp³-hybridized carbons (Fsp3) is 0.273. The molecular formula is C22H22N4O5. The van der Waals surface area contributed by atoms with Crippen LogP contribution in [-0.2, 0) is 24.2 Å². The second-order valence-electron chi connectivity index (χ2n) is 7.21. The number of aromatic nitrogens is 2. The topological polar surface area (TPSA) is 127 Å². The molecule has 4 rings (SSSR count). The van der Waals surface area contributed by atoms with Crippen LogP contribution < -0.4 is 15.4 Å². The quantitative estimate of drug-likeness (QED) is 0.506. The van der Waals surface area contributed by atoms with Crippen LogP contribution in [0.3, 0.4) is 0 Å². The molecule has 2 heterocycles. The first-order valence-electron chi connectivity index (χ1n) is 9.94. The van der Waals surface area contributed by atoms with Crippen molar-refractivity contribution in [2.45, 2.75) is 31.9 Å². The van der Waals surface area contributed by atoms with Crippen LogP contribution >= 0.6 is 0 Å². The van der Waals surface area contributed by atoms with Gasteiger partial charge in [0.25, 0.3) is 0 Å². The molecular weight excluding hydrogens is 400 g/mol. The van der Waals surface area contributed by atoms with Crippen molar-refractivity contribution in [2.24, 2.45) is 0 Å². The fourth-order valence-electron chi connectivity index (χ4n) is 3.30. The molecule has 1 aliphatic heterocycles. The molecule has 0 saturated carbocycles. The maximum absolute atomic E-state index is 12.4. The van der Waals surface area contributed by atoms with Crippen LogP contribution in [0.2, 0.25) is 0 Å². The molecule has 0 fully saturated rings. The maximum atomic E-state index is 12.4. The van der Waals surface area contributed by atoms with Gasteiger partial charge >= 0.3 is 11.8 Å². The van der Waals surface area contributed by atoms with E-state index < -0.39 is 11.9 Å². The highest BCUT2D eigenvalue weighted by Crippen LogP contribution is 2.27. The first-order chi connectivity index (χ1) is 15.1. The Hall–Kier alpha value is -3.72. The molecule has 2 amide bonds. The highest BCUT2D eigenvalue weighted by molar-refractivity contribution is 5.94. The van der Waals surface area contributed by atoms with E-state index in [2.05, 4.69) is 20.8 Å². The predicted molar refractivity (Wildman–Crippen MR) is 111 cm³/mol. The van der Waals surface area contributed by atoms with Gasteiger partial charge in [-0.25, -0.2) is 0 Å². The van der Waals surface area contributed by atoms with Crippen LogP contribution in [0.4, 0.5) is 5.69 Å². The zero-order chi connectivity index (χ0) is 21.6. The van der Waals surface area contributed by atoms with E-state index in [9.17, 15) is 14.7 Å². The van der Waals surface area contributed by atoms with Gasteiger partial charge in [-0.15, -0.1) is 0 Å². The van der Waals surface area contributed by atoms with Crippen LogP contribution in [0.1, 0.15) is 34.1 Å². The number of nitrogens with one attached hydrogen (secondary N) is 2. The van der Waals surface area contributed by atoms with Gasteiger partial charge in [0.05, 0.1) is 12.6 Å². The van der Waals surface area contributed by atoms with Gasteiger partial charge in [-0.2, -0.15) is 4.98 Å². The lowest BCUT2D eigenvalue weighted by Crippen LogP contribution is -2.39. The molecule has 0 spiro atoms. The van der Waals surface area contributed by atoms with Gasteiger partial charge < -0.3 is 25.0 Å². The highest BCUT2D eigenvalue weighted by Gasteiger charge is 2.20. The molecule has 1 aliphatic rings. The summed E-state index contributed by atoms with van der Waals surface area (Å²) in [5.41, 5.74) is 2.78. The number of hydrogen-bond acceptors (Lipinski definition) is 7. The molecule has 1 atom stereocenters. The summed E-state index contributed by atoms with van der Waals surface area (Å²) in [5.74, 6) is -0.0459. The molecule has 0 bridgehead atoms. The number of carbonyl (C=O) groups is 2. The number of aliphatic hydroxyl groups excluding tert-OH is 1. The number of carbonyl (C=O) groups excluding carboxylic acids is 2. The number of rotatable bonds is 8. The summed E-state index contributed by atoms with van der Waals surface area (Å²) in [6, 6.07) is 14.5. The van der Waals surface area contributed by atoms with Crippen LogP contribution in [0.15, 0.2) is 53.1 Å². The fourth-order valence-corrected chi connectivity index (χ4v) is 3.30. The lowest BCUT2D eigenvalue weighted by atomic mass is 10.0. The first-order valence-corrected chi connectivity index (χ1v) is 9.94. The molecule has 1 aromatic heterocycles. The summed E-state index contributed by atoms with van der Waals surface area (Å²) >= 11 is 0. The Morgan fingerprint density at radius 3 is 2.87 bits per heavy atom. The van der Waals surface area contributed by atoms with Crippen molar-refractivity contribution >= 4 is 17.5 Å². The van der Waals surface area contributed by atoms with Gasteiger partial charge in [0, 0.05) is 18.2 Å². The summed E-state index contributed by atoms with van der Waals surface area (Å²) in [6.07, 6.45) is 1.65. The third kappa shape index (κ3) is 5.26. The molecule has 9 nitrogen and oxygen atoms in total. The molecule has 0 unspecified atom stereocenters. The van der Waals surface area contributed by atoms with Crippen LogP contribution in [0.5, 0.6) is 5.75 Å². The third-order valence-corrected chi connectivity index (χ3v) is 4.89. The number of aryl methyl sites for hydroxylation is 1. The SMILES string of the molecule is O=C1CCc2ccc(OCc3noc(C(=O)N[C@@H](CO)Cc4ccccc4)n3)cc2N1. The minimum Gasteiger partial charge on any atom is -0.485 e. The van der Waals surface area contributed by atoms with E-state index in [1.807, 2.05) is 36.4 Å². The Morgan fingerprint density at radius 1 is 1.23 bits per heavy atom. The number of benzene rings is 2. The molecule has 0 aliphatic carbocycles. The number of nitrogens with zero attached hydrogens (tertiary/aromatic N) is 2. The average Bonchev–Trinajstić information content (AvgIpc) is 3.27. The molecule has 2 aromatic carbocycles. The van der Waals surface area contributed by atoms with E-state index in [1.165, 1.54) is 0 Å².